The van der Waals surface area contributed by atoms with Gasteiger partial charge < -0.3 is 15.4 Å². The third kappa shape index (κ3) is 4.79. The molecular weight excluding hydrogens is 524 g/mol. The SMILES string of the molecule is CCOC1CC(NC(=NC)NC2CCN(S(=O)(=O)C(F)(F)F)CC2)C12CCC2.I. The minimum atomic E-state index is -5.25. The second kappa shape index (κ2) is 9.43. The van der Waals surface area contributed by atoms with Crippen LogP contribution in [-0.2, 0) is 14.8 Å². The largest absolute Gasteiger partial charge is 0.511 e. The molecule has 0 bridgehead atoms. The number of hydrogen-bond acceptors (Lipinski definition) is 4. The van der Waals surface area contributed by atoms with Gasteiger partial charge in [-0.15, -0.1) is 24.0 Å². The maximum atomic E-state index is 12.7. The Kier molecular flexibility index (Phi) is 8.10. The zero-order valence-corrected chi connectivity index (χ0v) is 19.8. The van der Waals surface area contributed by atoms with Crippen LogP contribution in [0.4, 0.5) is 13.2 Å². The number of halogens is 4. The fourth-order valence-electron chi connectivity index (χ4n) is 4.56. The van der Waals surface area contributed by atoms with Gasteiger partial charge in [-0.2, -0.15) is 17.5 Å². The molecule has 1 heterocycles. The summed E-state index contributed by atoms with van der Waals surface area (Å²) < 4.78 is 67.4. The van der Waals surface area contributed by atoms with Gasteiger partial charge >= 0.3 is 15.5 Å². The Labute approximate surface area is 187 Å². The molecule has 0 amide bonds. The Bertz CT molecular complexity index is 693. The number of piperidine rings is 1. The zero-order valence-electron chi connectivity index (χ0n) is 16.7. The second-order valence-corrected chi connectivity index (χ2v) is 9.73. The van der Waals surface area contributed by atoms with Gasteiger partial charge in [0, 0.05) is 44.2 Å². The van der Waals surface area contributed by atoms with E-state index in [1.165, 1.54) is 6.42 Å². The maximum Gasteiger partial charge on any atom is 0.511 e. The van der Waals surface area contributed by atoms with Crippen molar-refractivity contribution < 1.29 is 26.3 Å². The Morgan fingerprint density at radius 1 is 1.24 bits per heavy atom. The first-order chi connectivity index (χ1) is 13.1. The summed E-state index contributed by atoms with van der Waals surface area (Å²) in [5.74, 6) is 0.614. The highest BCUT2D eigenvalue weighted by Gasteiger charge is 2.59. The van der Waals surface area contributed by atoms with Crippen molar-refractivity contribution in [3.63, 3.8) is 0 Å². The number of nitrogens with zero attached hydrogens (tertiary/aromatic N) is 2. The third-order valence-corrected chi connectivity index (χ3v) is 8.03. The summed E-state index contributed by atoms with van der Waals surface area (Å²) in [5, 5.41) is 6.69. The maximum absolute atomic E-state index is 12.7. The predicted octanol–water partition coefficient (Wildman–Crippen LogP) is 2.43. The van der Waals surface area contributed by atoms with Crippen molar-refractivity contribution in [3.05, 3.63) is 0 Å². The van der Waals surface area contributed by atoms with E-state index in [-0.39, 0.29) is 60.7 Å². The average molecular weight is 554 g/mol. The molecule has 0 aromatic rings. The Morgan fingerprint density at radius 2 is 1.86 bits per heavy atom. The van der Waals surface area contributed by atoms with Crippen molar-refractivity contribution in [2.75, 3.05) is 26.7 Å². The summed E-state index contributed by atoms with van der Waals surface area (Å²) >= 11 is 0. The molecule has 170 valence electrons. The molecule has 2 atom stereocenters. The van der Waals surface area contributed by atoms with Gasteiger partial charge in [-0.1, -0.05) is 6.42 Å². The van der Waals surface area contributed by atoms with E-state index < -0.39 is 15.5 Å². The molecule has 1 aliphatic heterocycles. The molecule has 0 aromatic carbocycles. The molecular formula is C17H30F3IN4O3S. The Balaban J connectivity index is 0.00000300. The highest BCUT2D eigenvalue weighted by Crippen LogP contribution is 2.57. The van der Waals surface area contributed by atoms with Gasteiger partial charge in [-0.3, -0.25) is 4.99 Å². The van der Waals surface area contributed by atoms with Gasteiger partial charge in [0.2, 0.25) is 0 Å². The molecule has 2 aliphatic carbocycles. The van der Waals surface area contributed by atoms with Gasteiger partial charge in [0.25, 0.3) is 0 Å². The lowest BCUT2D eigenvalue weighted by Gasteiger charge is -2.61. The van der Waals surface area contributed by atoms with Crippen molar-refractivity contribution in [1.82, 2.24) is 14.9 Å². The van der Waals surface area contributed by atoms with Crippen LogP contribution in [0.2, 0.25) is 0 Å². The standard InChI is InChI=1S/C17H29F3N4O3S.HI/c1-3-27-14-11-13(16(14)7-4-8-16)23-15(21-2)22-12-5-9-24(10-6-12)28(25,26)17(18,19)20;/h12-14H,3-11H2,1-2H3,(H2,21,22,23);1H. The lowest BCUT2D eigenvalue weighted by atomic mass is 9.51. The third-order valence-electron chi connectivity index (χ3n) is 6.40. The van der Waals surface area contributed by atoms with Crippen LogP contribution in [0.15, 0.2) is 4.99 Å². The van der Waals surface area contributed by atoms with E-state index >= 15 is 0 Å². The summed E-state index contributed by atoms with van der Waals surface area (Å²) in [6, 6.07) is 0.153. The van der Waals surface area contributed by atoms with Gasteiger partial charge in [0.1, 0.15) is 0 Å². The number of sulfonamides is 1. The first-order valence-corrected chi connectivity index (χ1v) is 11.3. The number of aliphatic imine (C=N–C) groups is 1. The number of hydrogen-bond donors (Lipinski definition) is 2. The highest BCUT2D eigenvalue weighted by molar-refractivity contribution is 14.0. The fourth-order valence-corrected chi connectivity index (χ4v) is 5.54. The summed E-state index contributed by atoms with van der Waals surface area (Å²) in [6.07, 6.45) is 5.23. The fraction of sp³-hybridized carbons (Fsp3) is 0.941. The minimum Gasteiger partial charge on any atom is -0.378 e. The topological polar surface area (TPSA) is 83.0 Å². The first-order valence-electron chi connectivity index (χ1n) is 9.82. The van der Waals surface area contributed by atoms with Gasteiger partial charge in [-0.25, -0.2) is 8.42 Å². The quantitative estimate of drug-likeness (QED) is 0.310. The molecule has 0 radical (unpaired) electrons. The molecule has 3 rings (SSSR count). The van der Waals surface area contributed by atoms with Crippen LogP contribution in [0.5, 0.6) is 0 Å². The molecule has 1 spiro atoms. The van der Waals surface area contributed by atoms with E-state index in [2.05, 4.69) is 15.6 Å². The predicted molar refractivity (Wildman–Crippen MR) is 115 cm³/mol. The number of rotatable bonds is 5. The summed E-state index contributed by atoms with van der Waals surface area (Å²) in [4.78, 5) is 4.25. The summed E-state index contributed by atoms with van der Waals surface area (Å²) in [6.45, 7) is 2.39. The zero-order chi connectivity index (χ0) is 20.6. The van der Waals surface area contributed by atoms with E-state index in [1.54, 1.807) is 7.05 Å². The van der Waals surface area contributed by atoms with Crippen LogP contribution < -0.4 is 10.6 Å². The average Bonchev–Trinajstić information content (AvgIpc) is 2.57. The lowest BCUT2D eigenvalue weighted by Crippen LogP contribution is -2.69. The van der Waals surface area contributed by atoms with Crippen molar-refractivity contribution in [2.24, 2.45) is 10.4 Å². The molecule has 2 saturated carbocycles. The van der Waals surface area contributed by atoms with E-state index in [0.717, 1.165) is 19.3 Å². The molecule has 2 unspecified atom stereocenters. The van der Waals surface area contributed by atoms with Crippen LogP contribution in [0.3, 0.4) is 0 Å². The highest BCUT2D eigenvalue weighted by atomic mass is 127. The van der Waals surface area contributed by atoms with Crippen molar-refractivity contribution in [3.8, 4) is 0 Å². The second-order valence-electron chi connectivity index (χ2n) is 7.80. The summed E-state index contributed by atoms with van der Waals surface area (Å²) in [5.41, 5.74) is -5.08. The lowest BCUT2D eigenvalue weighted by molar-refractivity contribution is -0.168. The molecule has 12 heteroatoms. The van der Waals surface area contributed by atoms with Gasteiger partial charge in [0.05, 0.1) is 6.10 Å². The Hall–Kier alpha value is -0.340. The van der Waals surface area contributed by atoms with Crippen LogP contribution in [0.1, 0.15) is 45.4 Å². The van der Waals surface area contributed by atoms with E-state index in [0.29, 0.717) is 29.7 Å². The van der Waals surface area contributed by atoms with Crippen LogP contribution >= 0.6 is 24.0 Å². The van der Waals surface area contributed by atoms with Crippen LogP contribution in [-0.4, -0.2) is 69.1 Å². The number of alkyl halides is 3. The van der Waals surface area contributed by atoms with Gasteiger partial charge in [0.15, 0.2) is 5.96 Å². The molecule has 1 saturated heterocycles. The number of guanidine groups is 1. The molecule has 3 fully saturated rings. The molecule has 3 aliphatic rings. The van der Waals surface area contributed by atoms with Crippen molar-refractivity contribution >= 4 is 40.0 Å². The molecule has 2 N–H and O–H groups in total. The van der Waals surface area contributed by atoms with E-state index in [9.17, 15) is 21.6 Å². The van der Waals surface area contributed by atoms with Crippen LogP contribution in [0.25, 0.3) is 0 Å². The molecule has 29 heavy (non-hydrogen) atoms. The van der Waals surface area contributed by atoms with Crippen LogP contribution in [0, 0.1) is 5.41 Å². The monoisotopic (exact) mass is 554 g/mol. The molecule has 7 nitrogen and oxygen atoms in total. The van der Waals surface area contributed by atoms with E-state index in [1.807, 2.05) is 6.92 Å². The number of nitrogens with one attached hydrogen (secondary N) is 2. The van der Waals surface area contributed by atoms with Gasteiger partial charge in [-0.05, 0) is 39.0 Å². The normalized spacial score (nSPS) is 28.2. The minimum absolute atomic E-state index is 0. The number of ether oxygens (including phenoxy) is 1. The summed E-state index contributed by atoms with van der Waals surface area (Å²) in [7, 11) is -3.59. The van der Waals surface area contributed by atoms with Crippen molar-refractivity contribution in [1.29, 1.82) is 0 Å². The Morgan fingerprint density at radius 3 is 2.31 bits per heavy atom. The smallest absolute Gasteiger partial charge is 0.378 e. The van der Waals surface area contributed by atoms with E-state index in [4.69, 9.17) is 4.74 Å². The molecule has 0 aromatic heterocycles. The van der Waals surface area contributed by atoms with Crippen molar-refractivity contribution in [2.45, 2.75) is 69.1 Å². The first kappa shape index (κ1) is 24.9.